The number of hydrogen-bond acceptors (Lipinski definition) is 4. The summed E-state index contributed by atoms with van der Waals surface area (Å²) in [6.45, 7) is -0.231. The second-order valence-electron chi connectivity index (χ2n) is 3.88. The van der Waals surface area contributed by atoms with Crippen LogP contribution in [0.25, 0.3) is 0 Å². The number of ether oxygens (including phenoxy) is 1. The van der Waals surface area contributed by atoms with E-state index < -0.39 is 18.2 Å². The summed E-state index contributed by atoms with van der Waals surface area (Å²) in [6.07, 6.45) is 0.496. The van der Waals surface area contributed by atoms with Crippen molar-refractivity contribution in [3.63, 3.8) is 0 Å². The predicted molar refractivity (Wildman–Crippen MR) is 67.0 cm³/mol. The summed E-state index contributed by atoms with van der Waals surface area (Å²) < 4.78 is 41.8. The van der Waals surface area contributed by atoms with E-state index in [1.54, 1.807) is 4.90 Å². The Balaban J connectivity index is 3.04. The van der Waals surface area contributed by atoms with Crippen molar-refractivity contribution in [1.82, 2.24) is 0 Å². The zero-order valence-electron chi connectivity index (χ0n) is 10.6. The van der Waals surface area contributed by atoms with Gasteiger partial charge in [-0.05, 0) is 13.3 Å². The van der Waals surface area contributed by atoms with E-state index in [1.165, 1.54) is 0 Å². The van der Waals surface area contributed by atoms with Crippen LogP contribution in [0.2, 0.25) is 0 Å². The summed E-state index contributed by atoms with van der Waals surface area (Å²) in [6, 6.07) is 2.10. The molecule has 0 heterocycles. The van der Waals surface area contributed by atoms with E-state index in [9.17, 15) is 13.2 Å². The fourth-order valence-corrected chi connectivity index (χ4v) is 1.73. The van der Waals surface area contributed by atoms with Gasteiger partial charge in [-0.15, -0.1) is 0 Å². The van der Waals surface area contributed by atoms with E-state index in [0.29, 0.717) is 25.2 Å². The van der Waals surface area contributed by atoms with Crippen LogP contribution in [0.5, 0.6) is 5.75 Å². The number of benzene rings is 1. The molecule has 0 bridgehead atoms. The maximum absolute atomic E-state index is 13.4. The van der Waals surface area contributed by atoms with E-state index in [4.69, 9.17) is 10.8 Å². The molecule has 0 fully saturated rings. The maximum Gasteiger partial charge on any atom is 0.387 e. The summed E-state index contributed by atoms with van der Waals surface area (Å²) in [5.74, 6) is -1.47. The standard InChI is InChI=1S/C12H17F3N2O2/c1-2-17(4-3-5-18)10-7-11(19-12(14)15)8(13)6-9(10)16/h6-7,12,18H,2-5,16H2,1H3. The van der Waals surface area contributed by atoms with Crippen LogP contribution in [0.4, 0.5) is 24.5 Å². The van der Waals surface area contributed by atoms with Crippen LogP contribution in [-0.2, 0) is 0 Å². The molecule has 108 valence electrons. The largest absolute Gasteiger partial charge is 0.432 e. The van der Waals surface area contributed by atoms with E-state index in [-0.39, 0.29) is 12.3 Å². The molecule has 7 heteroatoms. The lowest BCUT2D eigenvalue weighted by Gasteiger charge is -2.25. The number of aliphatic hydroxyl groups is 1. The first-order valence-electron chi connectivity index (χ1n) is 5.89. The molecule has 0 aromatic heterocycles. The normalized spacial score (nSPS) is 10.8. The molecule has 4 nitrogen and oxygen atoms in total. The maximum atomic E-state index is 13.4. The Morgan fingerprint density at radius 3 is 2.63 bits per heavy atom. The predicted octanol–water partition coefficient (Wildman–Crippen LogP) is 2.22. The third kappa shape index (κ3) is 4.20. The Labute approximate surface area is 109 Å². The number of nitrogen functional groups attached to an aromatic ring is 1. The lowest BCUT2D eigenvalue weighted by atomic mass is 10.2. The molecule has 1 aromatic rings. The monoisotopic (exact) mass is 278 g/mol. The van der Waals surface area contributed by atoms with Crippen molar-refractivity contribution in [2.45, 2.75) is 20.0 Å². The van der Waals surface area contributed by atoms with Crippen LogP contribution in [0.15, 0.2) is 12.1 Å². The number of anilines is 2. The van der Waals surface area contributed by atoms with Crippen molar-refractivity contribution >= 4 is 11.4 Å². The molecule has 0 saturated carbocycles. The van der Waals surface area contributed by atoms with Crippen LogP contribution in [0.3, 0.4) is 0 Å². The Bertz CT molecular complexity index is 416. The molecule has 19 heavy (non-hydrogen) atoms. The number of aliphatic hydroxyl groups excluding tert-OH is 1. The molecule has 3 N–H and O–H groups in total. The van der Waals surface area contributed by atoms with Gasteiger partial charge in [0, 0.05) is 31.8 Å². The molecule has 0 radical (unpaired) electrons. The van der Waals surface area contributed by atoms with Gasteiger partial charge in [-0.25, -0.2) is 4.39 Å². The second kappa shape index (κ2) is 7.08. The molecular formula is C12H17F3N2O2. The van der Waals surface area contributed by atoms with E-state index >= 15 is 0 Å². The first kappa shape index (κ1) is 15.4. The molecule has 1 aromatic carbocycles. The van der Waals surface area contributed by atoms with Gasteiger partial charge in [-0.1, -0.05) is 0 Å². The Morgan fingerprint density at radius 2 is 2.11 bits per heavy atom. The number of hydrogen-bond donors (Lipinski definition) is 2. The summed E-state index contributed by atoms with van der Waals surface area (Å²) in [7, 11) is 0. The van der Waals surface area contributed by atoms with Gasteiger partial charge >= 0.3 is 6.61 Å². The SMILES string of the molecule is CCN(CCCO)c1cc(OC(F)F)c(F)cc1N. The van der Waals surface area contributed by atoms with Crippen molar-refractivity contribution in [2.24, 2.45) is 0 Å². The molecule has 0 amide bonds. The Morgan fingerprint density at radius 1 is 1.42 bits per heavy atom. The van der Waals surface area contributed by atoms with Gasteiger partial charge in [-0.2, -0.15) is 8.78 Å². The zero-order valence-corrected chi connectivity index (χ0v) is 10.6. The molecule has 0 aliphatic rings. The van der Waals surface area contributed by atoms with Gasteiger partial charge in [0.1, 0.15) is 0 Å². The first-order chi connectivity index (χ1) is 8.99. The van der Waals surface area contributed by atoms with Crippen molar-refractivity contribution in [3.8, 4) is 5.75 Å². The summed E-state index contributed by atoms with van der Waals surface area (Å²) >= 11 is 0. The second-order valence-corrected chi connectivity index (χ2v) is 3.88. The van der Waals surface area contributed by atoms with Crippen molar-refractivity contribution in [1.29, 1.82) is 0 Å². The highest BCUT2D eigenvalue weighted by Gasteiger charge is 2.16. The van der Waals surface area contributed by atoms with Crippen LogP contribution in [0.1, 0.15) is 13.3 Å². The molecule has 0 aliphatic heterocycles. The van der Waals surface area contributed by atoms with Gasteiger partial charge in [0.2, 0.25) is 0 Å². The number of nitrogens with zero attached hydrogens (tertiary/aromatic N) is 1. The molecule has 0 saturated heterocycles. The van der Waals surface area contributed by atoms with E-state index in [1.807, 2.05) is 6.92 Å². The molecule has 0 aliphatic carbocycles. The minimum Gasteiger partial charge on any atom is -0.432 e. The fraction of sp³-hybridized carbons (Fsp3) is 0.500. The Kier molecular flexibility index (Phi) is 5.75. The molecule has 0 spiro atoms. The van der Waals surface area contributed by atoms with Crippen LogP contribution in [0, 0.1) is 5.82 Å². The van der Waals surface area contributed by atoms with E-state index in [2.05, 4.69) is 4.74 Å². The highest BCUT2D eigenvalue weighted by atomic mass is 19.3. The van der Waals surface area contributed by atoms with Crippen molar-refractivity contribution < 1.29 is 23.0 Å². The average molecular weight is 278 g/mol. The molecule has 0 atom stereocenters. The van der Waals surface area contributed by atoms with E-state index in [0.717, 1.165) is 12.1 Å². The number of alkyl halides is 2. The van der Waals surface area contributed by atoms with Crippen LogP contribution in [-0.4, -0.2) is 31.4 Å². The highest BCUT2D eigenvalue weighted by Crippen LogP contribution is 2.32. The highest BCUT2D eigenvalue weighted by molar-refractivity contribution is 5.70. The summed E-state index contributed by atoms with van der Waals surface area (Å²) in [4.78, 5) is 1.75. The molecule has 1 rings (SSSR count). The lowest BCUT2D eigenvalue weighted by molar-refractivity contribution is -0.0521. The number of rotatable bonds is 7. The third-order valence-electron chi connectivity index (χ3n) is 2.61. The molecule has 0 unspecified atom stereocenters. The van der Waals surface area contributed by atoms with Gasteiger partial charge in [0.25, 0.3) is 0 Å². The van der Waals surface area contributed by atoms with Gasteiger partial charge in [-0.3, -0.25) is 0 Å². The van der Waals surface area contributed by atoms with Crippen molar-refractivity contribution in [3.05, 3.63) is 17.9 Å². The summed E-state index contributed by atoms with van der Waals surface area (Å²) in [5.41, 5.74) is 6.23. The topological polar surface area (TPSA) is 58.7 Å². The van der Waals surface area contributed by atoms with Gasteiger partial charge < -0.3 is 20.5 Å². The van der Waals surface area contributed by atoms with Gasteiger partial charge in [0.05, 0.1) is 11.4 Å². The number of nitrogens with two attached hydrogens (primary N) is 1. The zero-order chi connectivity index (χ0) is 14.4. The minimum absolute atomic E-state index is 0.00199. The fourth-order valence-electron chi connectivity index (χ4n) is 1.73. The lowest BCUT2D eigenvalue weighted by Crippen LogP contribution is -2.25. The quantitative estimate of drug-likeness (QED) is 0.751. The van der Waals surface area contributed by atoms with Crippen LogP contribution < -0.4 is 15.4 Å². The Hall–Kier alpha value is -1.63. The van der Waals surface area contributed by atoms with Crippen LogP contribution >= 0.6 is 0 Å². The molecular weight excluding hydrogens is 261 g/mol. The summed E-state index contributed by atoms with van der Waals surface area (Å²) in [5, 5.41) is 8.80. The number of halogens is 3. The third-order valence-corrected chi connectivity index (χ3v) is 2.61. The first-order valence-corrected chi connectivity index (χ1v) is 5.89. The smallest absolute Gasteiger partial charge is 0.387 e. The van der Waals surface area contributed by atoms with Crippen molar-refractivity contribution in [2.75, 3.05) is 30.3 Å². The average Bonchev–Trinajstić information content (AvgIpc) is 2.34. The minimum atomic E-state index is -3.10. The van der Waals surface area contributed by atoms with Gasteiger partial charge in [0.15, 0.2) is 11.6 Å².